The first kappa shape index (κ1) is 30.2. The second kappa shape index (κ2) is 14.1. The second-order valence-corrected chi connectivity index (χ2v) is 11.7. The molecular weight excluding hydrogens is 534 g/mol. The van der Waals surface area contributed by atoms with Crippen molar-refractivity contribution >= 4 is 39.1 Å². The monoisotopic (exact) mass is 569 g/mol. The topological polar surface area (TPSA) is 86.8 Å². The molecule has 7 nitrogen and oxygen atoms in total. The number of carbonyl (C=O) groups is 2. The third kappa shape index (κ3) is 8.07. The molecule has 2 amide bonds. The Morgan fingerprint density at radius 3 is 2.26 bits per heavy atom. The molecule has 39 heavy (non-hydrogen) atoms. The number of aryl methyl sites for hydroxylation is 1. The summed E-state index contributed by atoms with van der Waals surface area (Å²) in [5, 5.41) is 3.48. The van der Waals surface area contributed by atoms with E-state index in [0.29, 0.717) is 23.7 Å². The first-order chi connectivity index (χ1) is 18.7. The maximum Gasteiger partial charge on any atom is 0.264 e. The number of sulfonamides is 1. The Morgan fingerprint density at radius 1 is 0.949 bits per heavy atom. The molecule has 208 valence electrons. The van der Waals surface area contributed by atoms with Gasteiger partial charge in [0.15, 0.2) is 0 Å². The molecule has 0 saturated heterocycles. The molecule has 0 heterocycles. The van der Waals surface area contributed by atoms with Gasteiger partial charge in [-0.25, -0.2) is 8.42 Å². The molecule has 3 rings (SSSR count). The van der Waals surface area contributed by atoms with Crippen molar-refractivity contribution in [2.45, 2.75) is 57.5 Å². The molecule has 3 aromatic rings. The fourth-order valence-electron chi connectivity index (χ4n) is 4.24. The van der Waals surface area contributed by atoms with Gasteiger partial charge in [0.05, 0.1) is 10.6 Å². The molecule has 0 saturated carbocycles. The van der Waals surface area contributed by atoms with Crippen LogP contribution in [0.5, 0.6) is 0 Å². The standard InChI is InChI=1S/C30H36ClN3O4S/c1-4-6-19-32-30(36)28(5-2)33(21-24-15-17-25(31)18-16-24)29(35)22-34(26-12-10-11-23(3)20-26)39(37,38)27-13-8-7-9-14-27/h7-18,20,28H,4-6,19,21-22H2,1-3H3,(H,32,36). The van der Waals surface area contributed by atoms with Gasteiger partial charge in [0, 0.05) is 18.1 Å². The minimum absolute atomic E-state index is 0.0768. The molecule has 3 aromatic carbocycles. The number of nitrogens with zero attached hydrogens (tertiary/aromatic N) is 2. The molecule has 0 fully saturated rings. The number of anilines is 1. The predicted octanol–water partition coefficient (Wildman–Crippen LogP) is 5.57. The molecule has 0 aliphatic rings. The number of halogens is 1. The van der Waals surface area contributed by atoms with Crippen LogP contribution < -0.4 is 9.62 Å². The summed E-state index contributed by atoms with van der Waals surface area (Å²) < 4.78 is 28.7. The Kier molecular flexibility index (Phi) is 10.9. The van der Waals surface area contributed by atoms with E-state index < -0.39 is 28.5 Å². The van der Waals surface area contributed by atoms with Gasteiger partial charge >= 0.3 is 0 Å². The minimum atomic E-state index is -4.08. The Balaban J connectivity index is 2.02. The molecule has 0 aliphatic carbocycles. The van der Waals surface area contributed by atoms with Crippen LogP contribution in [0.4, 0.5) is 5.69 Å². The summed E-state index contributed by atoms with van der Waals surface area (Å²) in [5.41, 5.74) is 2.01. The van der Waals surface area contributed by atoms with Crippen LogP contribution in [0.2, 0.25) is 5.02 Å². The lowest BCUT2D eigenvalue weighted by Crippen LogP contribution is -2.52. The van der Waals surface area contributed by atoms with Crippen molar-refractivity contribution < 1.29 is 18.0 Å². The van der Waals surface area contributed by atoms with Crippen molar-refractivity contribution in [3.05, 3.63) is 95.0 Å². The lowest BCUT2D eigenvalue weighted by Gasteiger charge is -2.33. The highest BCUT2D eigenvalue weighted by Crippen LogP contribution is 2.25. The largest absolute Gasteiger partial charge is 0.354 e. The Morgan fingerprint density at radius 2 is 1.64 bits per heavy atom. The lowest BCUT2D eigenvalue weighted by atomic mass is 10.1. The summed E-state index contributed by atoms with van der Waals surface area (Å²) >= 11 is 6.06. The van der Waals surface area contributed by atoms with Crippen LogP contribution in [0.3, 0.4) is 0 Å². The quantitative estimate of drug-likeness (QED) is 0.273. The van der Waals surface area contributed by atoms with Crippen LogP contribution in [0, 0.1) is 6.92 Å². The van der Waals surface area contributed by atoms with Crippen LogP contribution >= 0.6 is 11.6 Å². The molecule has 0 bridgehead atoms. The smallest absolute Gasteiger partial charge is 0.264 e. The number of benzene rings is 3. The van der Waals surface area contributed by atoms with Crippen LogP contribution in [0.15, 0.2) is 83.8 Å². The van der Waals surface area contributed by atoms with Crippen LogP contribution in [0.1, 0.15) is 44.2 Å². The number of carbonyl (C=O) groups excluding carboxylic acids is 2. The number of hydrogen-bond acceptors (Lipinski definition) is 4. The van der Waals surface area contributed by atoms with E-state index in [1.807, 2.05) is 26.8 Å². The van der Waals surface area contributed by atoms with Crippen LogP contribution in [0.25, 0.3) is 0 Å². The minimum Gasteiger partial charge on any atom is -0.354 e. The number of nitrogens with one attached hydrogen (secondary N) is 1. The molecular formula is C30H36ClN3O4S. The van der Waals surface area contributed by atoms with Gasteiger partial charge < -0.3 is 10.2 Å². The third-order valence-corrected chi connectivity index (χ3v) is 8.42. The van der Waals surface area contributed by atoms with Crippen molar-refractivity contribution in [3.8, 4) is 0 Å². The van der Waals surface area contributed by atoms with Gasteiger partial charge in [-0.1, -0.05) is 74.3 Å². The average Bonchev–Trinajstić information content (AvgIpc) is 2.93. The molecule has 0 radical (unpaired) electrons. The fraction of sp³-hybridized carbons (Fsp3) is 0.333. The van der Waals surface area contributed by atoms with Gasteiger partial charge in [-0.2, -0.15) is 0 Å². The number of rotatable bonds is 13. The van der Waals surface area contributed by atoms with Gasteiger partial charge in [-0.05, 0) is 67.3 Å². The van der Waals surface area contributed by atoms with E-state index >= 15 is 0 Å². The maximum absolute atomic E-state index is 14.0. The fourth-order valence-corrected chi connectivity index (χ4v) is 5.80. The van der Waals surface area contributed by atoms with E-state index in [0.717, 1.165) is 28.3 Å². The summed E-state index contributed by atoms with van der Waals surface area (Å²) in [7, 11) is -4.08. The molecule has 1 atom stereocenters. The highest BCUT2D eigenvalue weighted by Gasteiger charge is 2.33. The molecule has 1 N–H and O–H groups in total. The van der Waals surface area contributed by atoms with Crippen molar-refractivity contribution in [2.24, 2.45) is 0 Å². The highest BCUT2D eigenvalue weighted by atomic mass is 35.5. The van der Waals surface area contributed by atoms with Crippen molar-refractivity contribution in [1.29, 1.82) is 0 Å². The molecule has 9 heteroatoms. The Labute approximate surface area is 236 Å². The zero-order valence-electron chi connectivity index (χ0n) is 22.6. The van der Waals surface area contributed by atoms with Crippen molar-refractivity contribution in [3.63, 3.8) is 0 Å². The van der Waals surface area contributed by atoms with E-state index in [4.69, 9.17) is 11.6 Å². The first-order valence-corrected chi connectivity index (χ1v) is 14.9. The summed E-state index contributed by atoms with van der Waals surface area (Å²) in [5.74, 6) is -0.746. The zero-order chi connectivity index (χ0) is 28.4. The van der Waals surface area contributed by atoms with E-state index in [9.17, 15) is 18.0 Å². The van der Waals surface area contributed by atoms with Gasteiger partial charge in [0.1, 0.15) is 12.6 Å². The Hall–Kier alpha value is -3.36. The summed E-state index contributed by atoms with van der Waals surface area (Å²) in [6.45, 7) is 5.90. The van der Waals surface area contributed by atoms with E-state index in [1.54, 1.807) is 60.7 Å². The number of unbranched alkanes of at least 4 members (excludes halogenated alkanes) is 1. The second-order valence-electron chi connectivity index (χ2n) is 9.38. The summed E-state index contributed by atoms with van der Waals surface area (Å²) in [4.78, 5) is 28.8. The van der Waals surface area contributed by atoms with Gasteiger partial charge in [0.2, 0.25) is 11.8 Å². The molecule has 0 aliphatic heterocycles. The van der Waals surface area contributed by atoms with Gasteiger partial charge in [-0.15, -0.1) is 0 Å². The summed E-state index contributed by atoms with van der Waals surface area (Å²) in [6.07, 6.45) is 2.12. The van der Waals surface area contributed by atoms with E-state index in [1.165, 1.54) is 17.0 Å². The van der Waals surface area contributed by atoms with E-state index in [-0.39, 0.29) is 17.3 Å². The zero-order valence-corrected chi connectivity index (χ0v) is 24.2. The maximum atomic E-state index is 14.0. The SMILES string of the molecule is CCCCNC(=O)C(CC)N(Cc1ccc(Cl)cc1)C(=O)CN(c1cccc(C)c1)S(=O)(=O)c1ccccc1. The average molecular weight is 570 g/mol. The molecule has 0 aromatic heterocycles. The van der Waals surface area contributed by atoms with Gasteiger partial charge in [-0.3, -0.25) is 13.9 Å². The highest BCUT2D eigenvalue weighted by molar-refractivity contribution is 7.92. The normalized spacial score (nSPS) is 12.0. The summed E-state index contributed by atoms with van der Waals surface area (Å²) in [6, 6.07) is 21.3. The van der Waals surface area contributed by atoms with Crippen LogP contribution in [-0.2, 0) is 26.2 Å². The third-order valence-electron chi connectivity index (χ3n) is 6.38. The number of amides is 2. The van der Waals surface area contributed by atoms with Crippen molar-refractivity contribution in [2.75, 3.05) is 17.4 Å². The first-order valence-electron chi connectivity index (χ1n) is 13.1. The van der Waals surface area contributed by atoms with Gasteiger partial charge in [0.25, 0.3) is 10.0 Å². The number of hydrogen-bond donors (Lipinski definition) is 1. The van der Waals surface area contributed by atoms with E-state index in [2.05, 4.69) is 5.32 Å². The lowest BCUT2D eigenvalue weighted by molar-refractivity contribution is -0.140. The predicted molar refractivity (Wildman–Crippen MR) is 156 cm³/mol. The van der Waals surface area contributed by atoms with Crippen LogP contribution in [-0.4, -0.2) is 44.3 Å². The Bertz CT molecular complexity index is 1350. The van der Waals surface area contributed by atoms with Crippen molar-refractivity contribution in [1.82, 2.24) is 10.2 Å². The molecule has 1 unspecified atom stereocenters. The molecule has 0 spiro atoms.